The predicted molar refractivity (Wildman–Crippen MR) is 130 cm³/mol. The van der Waals surface area contributed by atoms with Crippen LogP contribution < -0.4 is 10.6 Å². The number of nitrogens with zero attached hydrogens (tertiary/aromatic N) is 1. The molecule has 38 heavy (non-hydrogen) atoms. The summed E-state index contributed by atoms with van der Waals surface area (Å²) in [7, 11) is 0. The van der Waals surface area contributed by atoms with E-state index in [4.69, 9.17) is 0 Å². The van der Waals surface area contributed by atoms with Crippen LogP contribution in [0.4, 0.5) is 36.8 Å². The number of likely N-dealkylation sites (tertiary alicyclic amines) is 1. The third-order valence-corrected chi connectivity index (χ3v) is 7.26. The Morgan fingerprint density at radius 1 is 0.868 bits per heavy atom. The zero-order valence-electron chi connectivity index (χ0n) is 20.7. The number of halogens is 6. The lowest BCUT2D eigenvalue weighted by atomic mass is 9.89. The average molecular weight is 544 g/mol. The number of alkyl halides is 6. The van der Waals surface area contributed by atoms with E-state index >= 15 is 0 Å². The molecule has 0 radical (unpaired) electrons. The molecule has 5 nitrogen and oxygen atoms in total. The molecular formula is C27H31F6N3O2. The van der Waals surface area contributed by atoms with Crippen molar-refractivity contribution in [3.63, 3.8) is 0 Å². The Balaban J connectivity index is 1.27. The molecule has 0 atom stereocenters. The van der Waals surface area contributed by atoms with E-state index in [1.165, 1.54) is 12.1 Å². The molecule has 0 bridgehead atoms. The van der Waals surface area contributed by atoms with Crippen molar-refractivity contribution < 1.29 is 36.2 Å². The highest BCUT2D eigenvalue weighted by atomic mass is 19.4. The maximum absolute atomic E-state index is 13.1. The number of amides is 2. The second-order valence-corrected chi connectivity index (χ2v) is 10.3. The Kier molecular flexibility index (Phi) is 8.27. The van der Waals surface area contributed by atoms with E-state index in [2.05, 4.69) is 15.5 Å². The van der Waals surface area contributed by atoms with E-state index in [0.29, 0.717) is 42.6 Å². The first-order chi connectivity index (χ1) is 17.8. The van der Waals surface area contributed by atoms with E-state index in [1.807, 2.05) is 24.3 Å². The maximum Gasteiger partial charge on any atom is 0.430 e. The quantitative estimate of drug-likeness (QED) is 0.359. The van der Waals surface area contributed by atoms with E-state index in [-0.39, 0.29) is 6.03 Å². The topological polar surface area (TPSA) is 64.6 Å². The number of anilines is 1. The monoisotopic (exact) mass is 543 g/mol. The minimum atomic E-state index is -5.90. The van der Waals surface area contributed by atoms with Gasteiger partial charge in [0.1, 0.15) is 0 Å². The third-order valence-electron chi connectivity index (χ3n) is 7.26. The van der Waals surface area contributed by atoms with Gasteiger partial charge in [-0.1, -0.05) is 36.4 Å². The molecule has 1 saturated carbocycles. The fourth-order valence-corrected chi connectivity index (χ4v) is 4.79. The van der Waals surface area contributed by atoms with Crippen molar-refractivity contribution >= 4 is 11.7 Å². The van der Waals surface area contributed by atoms with Crippen molar-refractivity contribution in [3.8, 4) is 0 Å². The second-order valence-electron chi connectivity index (χ2n) is 10.3. The molecule has 2 aromatic carbocycles. The van der Waals surface area contributed by atoms with Gasteiger partial charge in [-0.3, -0.25) is 4.90 Å². The summed E-state index contributed by atoms with van der Waals surface area (Å²) in [5, 5.41) is 15.3. The summed E-state index contributed by atoms with van der Waals surface area (Å²) in [5.74, 6) is 1.02. The van der Waals surface area contributed by atoms with Gasteiger partial charge >= 0.3 is 18.4 Å². The van der Waals surface area contributed by atoms with Crippen molar-refractivity contribution in [2.45, 2.75) is 56.6 Å². The first-order valence-corrected chi connectivity index (χ1v) is 12.7. The van der Waals surface area contributed by atoms with Gasteiger partial charge in [-0.15, -0.1) is 0 Å². The van der Waals surface area contributed by atoms with Crippen molar-refractivity contribution in [1.82, 2.24) is 10.2 Å². The number of hydrogen-bond donors (Lipinski definition) is 3. The van der Waals surface area contributed by atoms with Crippen LogP contribution in [-0.4, -0.2) is 48.0 Å². The number of carbonyl (C=O) groups excluding carboxylic acids is 1. The molecule has 2 amide bonds. The predicted octanol–water partition coefficient (Wildman–Crippen LogP) is 5.99. The van der Waals surface area contributed by atoms with E-state index in [1.54, 1.807) is 0 Å². The van der Waals surface area contributed by atoms with Crippen LogP contribution in [0, 0.1) is 11.8 Å². The number of carbonyl (C=O) groups is 1. The summed E-state index contributed by atoms with van der Waals surface area (Å²) in [6.45, 7) is 2.56. The van der Waals surface area contributed by atoms with Crippen LogP contribution in [-0.2, 0) is 18.6 Å². The van der Waals surface area contributed by atoms with Gasteiger partial charge in [0.2, 0.25) is 0 Å². The molecule has 4 rings (SSSR count). The molecular weight excluding hydrogens is 512 g/mol. The molecule has 1 aliphatic heterocycles. The molecule has 2 aliphatic rings. The van der Waals surface area contributed by atoms with Crippen LogP contribution >= 0.6 is 0 Å². The summed E-state index contributed by atoms with van der Waals surface area (Å²) in [6.07, 6.45) is -6.85. The number of benzene rings is 2. The lowest BCUT2D eigenvalue weighted by Gasteiger charge is -2.33. The lowest BCUT2D eigenvalue weighted by Crippen LogP contribution is -2.53. The smallest absolute Gasteiger partial charge is 0.369 e. The number of piperidine rings is 1. The van der Waals surface area contributed by atoms with Gasteiger partial charge in [-0.05, 0) is 80.3 Å². The standard InChI is InChI=1S/C27H31F6N3O2/c28-26(29,30)25(38,27(31,32)33)22-8-6-20(7-9-22)17-36-12-10-18(11-13-36)14-21-2-1-3-23(15-21)35-24(37)34-16-19-4-5-19/h1-3,6-9,15,18-19,38H,4-5,10-14,16-17H2,(H2,34,35,37). The van der Waals surface area contributed by atoms with Gasteiger partial charge < -0.3 is 15.7 Å². The number of rotatable bonds is 8. The Morgan fingerprint density at radius 2 is 1.50 bits per heavy atom. The molecule has 2 aromatic rings. The summed E-state index contributed by atoms with van der Waals surface area (Å²) in [4.78, 5) is 14.2. The van der Waals surface area contributed by atoms with Gasteiger partial charge in [0, 0.05) is 24.3 Å². The maximum atomic E-state index is 13.1. The lowest BCUT2D eigenvalue weighted by molar-refractivity contribution is -0.376. The molecule has 208 valence electrons. The summed E-state index contributed by atoms with van der Waals surface area (Å²) < 4.78 is 78.5. The molecule has 0 aromatic heterocycles. The van der Waals surface area contributed by atoms with Crippen LogP contribution in [0.2, 0.25) is 0 Å². The van der Waals surface area contributed by atoms with Crippen LogP contribution in [0.3, 0.4) is 0 Å². The third kappa shape index (κ3) is 6.79. The average Bonchev–Trinajstić information content (AvgIpc) is 3.68. The van der Waals surface area contributed by atoms with Crippen LogP contribution in [0.5, 0.6) is 0 Å². The molecule has 1 aliphatic carbocycles. The van der Waals surface area contributed by atoms with Gasteiger partial charge in [0.25, 0.3) is 5.60 Å². The van der Waals surface area contributed by atoms with E-state index in [9.17, 15) is 36.2 Å². The number of urea groups is 1. The SMILES string of the molecule is O=C(NCC1CC1)Nc1cccc(CC2CCN(Cc3ccc(C(O)(C(F)(F)F)C(F)(F)F)cc3)CC2)c1. The fraction of sp³-hybridized carbons (Fsp3) is 0.519. The van der Waals surface area contributed by atoms with Gasteiger partial charge in [-0.25, -0.2) is 4.79 Å². The highest BCUT2D eigenvalue weighted by Crippen LogP contribution is 2.50. The van der Waals surface area contributed by atoms with Crippen LogP contribution in [0.1, 0.15) is 42.4 Å². The Morgan fingerprint density at radius 3 is 2.08 bits per heavy atom. The molecule has 3 N–H and O–H groups in total. The van der Waals surface area contributed by atoms with Crippen molar-refractivity contribution in [2.75, 3.05) is 25.0 Å². The molecule has 0 spiro atoms. The minimum Gasteiger partial charge on any atom is -0.369 e. The second kappa shape index (κ2) is 11.1. The highest BCUT2D eigenvalue weighted by molar-refractivity contribution is 5.89. The van der Waals surface area contributed by atoms with Crippen LogP contribution in [0.25, 0.3) is 0 Å². The fourth-order valence-electron chi connectivity index (χ4n) is 4.79. The van der Waals surface area contributed by atoms with Crippen molar-refractivity contribution in [3.05, 3.63) is 65.2 Å². The van der Waals surface area contributed by atoms with Gasteiger partial charge in [0.05, 0.1) is 0 Å². The van der Waals surface area contributed by atoms with Gasteiger partial charge in [-0.2, -0.15) is 26.3 Å². The first-order valence-electron chi connectivity index (χ1n) is 12.7. The number of aliphatic hydroxyl groups is 1. The Bertz CT molecular complexity index is 1080. The molecule has 0 unspecified atom stereocenters. The van der Waals surface area contributed by atoms with Crippen molar-refractivity contribution in [1.29, 1.82) is 0 Å². The van der Waals surface area contributed by atoms with Crippen LogP contribution in [0.15, 0.2) is 48.5 Å². The highest BCUT2D eigenvalue weighted by Gasteiger charge is 2.71. The van der Waals surface area contributed by atoms with E-state index in [0.717, 1.165) is 56.4 Å². The van der Waals surface area contributed by atoms with Crippen molar-refractivity contribution in [2.24, 2.45) is 11.8 Å². The summed E-state index contributed by atoms with van der Waals surface area (Å²) in [6, 6.07) is 11.3. The molecule has 1 heterocycles. The Labute approximate surface area is 217 Å². The minimum absolute atomic E-state index is 0.211. The van der Waals surface area contributed by atoms with Gasteiger partial charge in [0.15, 0.2) is 0 Å². The normalized spacial score (nSPS) is 17.9. The Hall–Kier alpha value is -2.79. The number of hydrogen-bond acceptors (Lipinski definition) is 3. The molecule has 2 fully saturated rings. The molecule has 11 heteroatoms. The first kappa shape index (κ1) is 28.2. The zero-order chi connectivity index (χ0) is 27.6. The molecule has 1 saturated heterocycles. The summed E-state index contributed by atoms with van der Waals surface area (Å²) >= 11 is 0. The zero-order valence-corrected chi connectivity index (χ0v) is 20.7. The largest absolute Gasteiger partial charge is 0.430 e. The van der Waals surface area contributed by atoms with E-state index < -0.39 is 23.5 Å². The number of nitrogens with one attached hydrogen (secondary N) is 2. The summed E-state index contributed by atoms with van der Waals surface area (Å²) in [5.41, 5.74) is -3.75.